The Hall–Kier alpha value is -1.27. The van der Waals surface area contributed by atoms with Gasteiger partial charge in [0.15, 0.2) is 0 Å². The molecule has 64 valence electrons. The molecule has 12 heavy (non-hydrogen) atoms. The number of hydrogen-bond donors (Lipinski definition) is 1. The van der Waals surface area contributed by atoms with Crippen LogP contribution in [0, 0.1) is 12.3 Å². The molecule has 1 rings (SSSR count). The van der Waals surface area contributed by atoms with Gasteiger partial charge >= 0.3 is 0 Å². The van der Waals surface area contributed by atoms with Gasteiger partial charge in [-0.25, -0.2) is 0 Å². The Balaban J connectivity index is 2.58. The second-order valence-corrected chi connectivity index (χ2v) is 2.46. The van der Waals surface area contributed by atoms with Gasteiger partial charge in [0.25, 0.3) is 0 Å². The molecule has 0 spiro atoms. The first kappa shape index (κ1) is 8.82. The molecule has 0 aliphatic heterocycles. The predicted octanol–water partition coefficient (Wildman–Crippen LogP) is 0.626. The minimum Gasteiger partial charge on any atom is -0.311 e. The van der Waals surface area contributed by atoms with Gasteiger partial charge in [0.05, 0.1) is 5.69 Å². The number of nitrogens with one attached hydrogen (secondary N) is 1. The van der Waals surface area contributed by atoms with E-state index in [2.05, 4.69) is 23.3 Å². The van der Waals surface area contributed by atoms with Gasteiger partial charge in [-0.05, 0) is 12.6 Å². The summed E-state index contributed by atoms with van der Waals surface area (Å²) in [6.07, 6.45) is 6.95. The molecule has 1 aromatic rings. The lowest BCUT2D eigenvalue weighted by molar-refractivity contribution is 0.620. The maximum absolute atomic E-state index is 5.19. The van der Waals surface area contributed by atoms with Crippen molar-refractivity contribution in [2.75, 3.05) is 6.54 Å². The maximum atomic E-state index is 5.19. The van der Waals surface area contributed by atoms with E-state index in [0.717, 1.165) is 18.8 Å². The van der Waals surface area contributed by atoms with Crippen molar-refractivity contribution in [2.45, 2.75) is 20.0 Å². The second-order valence-electron chi connectivity index (χ2n) is 2.46. The summed E-state index contributed by atoms with van der Waals surface area (Å²) in [5.41, 5.74) is 1.13. The summed E-state index contributed by atoms with van der Waals surface area (Å²) in [6.45, 7) is 4.41. The first-order valence-electron chi connectivity index (χ1n) is 4.03. The molecular formula is C9H13N3. The SMILES string of the molecule is C#CCn1nccc1CNCC. The number of nitrogens with zero attached hydrogens (tertiary/aromatic N) is 2. The van der Waals surface area contributed by atoms with E-state index in [0.29, 0.717) is 6.54 Å². The molecule has 0 amide bonds. The van der Waals surface area contributed by atoms with E-state index in [1.807, 2.05) is 10.7 Å². The van der Waals surface area contributed by atoms with Gasteiger partial charge in [0, 0.05) is 12.7 Å². The summed E-state index contributed by atoms with van der Waals surface area (Å²) in [5, 5.41) is 7.31. The summed E-state index contributed by atoms with van der Waals surface area (Å²) in [7, 11) is 0. The largest absolute Gasteiger partial charge is 0.311 e. The molecule has 1 aromatic heterocycles. The van der Waals surface area contributed by atoms with Crippen molar-refractivity contribution in [3.05, 3.63) is 18.0 Å². The molecule has 0 saturated carbocycles. The first-order chi connectivity index (χ1) is 5.88. The van der Waals surface area contributed by atoms with E-state index in [9.17, 15) is 0 Å². The third-order valence-corrected chi connectivity index (χ3v) is 1.60. The topological polar surface area (TPSA) is 29.9 Å². The average molecular weight is 163 g/mol. The van der Waals surface area contributed by atoms with Crippen LogP contribution in [0.15, 0.2) is 12.3 Å². The molecule has 1 N–H and O–H groups in total. The molecule has 0 radical (unpaired) electrons. The minimum atomic E-state index is 0.549. The van der Waals surface area contributed by atoms with Crippen LogP contribution in [0.2, 0.25) is 0 Å². The molecule has 0 aliphatic carbocycles. The van der Waals surface area contributed by atoms with Gasteiger partial charge < -0.3 is 5.32 Å². The number of hydrogen-bond acceptors (Lipinski definition) is 2. The summed E-state index contributed by atoms with van der Waals surface area (Å²) >= 11 is 0. The molecule has 0 aromatic carbocycles. The standard InChI is InChI=1S/C9H13N3/c1-3-7-12-9(5-6-11-12)8-10-4-2/h1,5-6,10H,4,7-8H2,2H3. The molecule has 0 saturated heterocycles. The fourth-order valence-electron chi connectivity index (χ4n) is 0.992. The quantitative estimate of drug-likeness (QED) is 0.660. The smallest absolute Gasteiger partial charge is 0.102 e. The summed E-state index contributed by atoms with van der Waals surface area (Å²) < 4.78 is 1.82. The van der Waals surface area contributed by atoms with E-state index in [1.54, 1.807) is 6.20 Å². The van der Waals surface area contributed by atoms with Crippen molar-refractivity contribution in [1.82, 2.24) is 15.1 Å². The Bertz CT molecular complexity index is 270. The zero-order chi connectivity index (χ0) is 8.81. The molecule has 3 nitrogen and oxygen atoms in total. The zero-order valence-electron chi connectivity index (χ0n) is 7.25. The number of rotatable bonds is 4. The molecule has 0 fully saturated rings. The van der Waals surface area contributed by atoms with Crippen LogP contribution in [-0.2, 0) is 13.1 Å². The van der Waals surface area contributed by atoms with Crippen molar-refractivity contribution in [3.63, 3.8) is 0 Å². The van der Waals surface area contributed by atoms with Gasteiger partial charge in [-0.15, -0.1) is 6.42 Å². The Morgan fingerprint density at radius 2 is 2.58 bits per heavy atom. The van der Waals surface area contributed by atoms with E-state index < -0.39 is 0 Å². The van der Waals surface area contributed by atoms with Gasteiger partial charge in [-0.3, -0.25) is 4.68 Å². The van der Waals surface area contributed by atoms with Crippen LogP contribution in [0.3, 0.4) is 0 Å². The predicted molar refractivity (Wildman–Crippen MR) is 48.4 cm³/mol. The van der Waals surface area contributed by atoms with Gasteiger partial charge in [-0.2, -0.15) is 5.10 Å². The van der Waals surface area contributed by atoms with Crippen LogP contribution in [-0.4, -0.2) is 16.3 Å². The third kappa shape index (κ3) is 2.11. The van der Waals surface area contributed by atoms with Crippen molar-refractivity contribution >= 4 is 0 Å². The van der Waals surface area contributed by atoms with Crippen LogP contribution >= 0.6 is 0 Å². The second kappa shape index (κ2) is 4.58. The Kier molecular flexibility index (Phi) is 3.36. The van der Waals surface area contributed by atoms with Crippen LogP contribution in [0.25, 0.3) is 0 Å². The fraction of sp³-hybridized carbons (Fsp3) is 0.444. The Labute approximate surface area is 72.8 Å². The zero-order valence-corrected chi connectivity index (χ0v) is 7.25. The van der Waals surface area contributed by atoms with Crippen LogP contribution in [0.1, 0.15) is 12.6 Å². The normalized spacial score (nSPS) is 9.67. The third-order valence-electron chi connectivity index (χ3n) is 1.60. The van der Waals surface area contributed by atoms with E-state index in [-0.39, 0.29) is 0 Å². The summed E-state index contributed by atoms with van der Waals surface area (Å²) in [4.78, 5) is 0. The lowest BCUT2D eigenvalue weighted by atomic mass is 10.4. The van der Waals surface area contributed by atoms with Gasteiger partial charge in [0.2, 0.25) is 0 Å². The molecule has 0 bridgehead atoms. The molecule has 3 heteroatoms. The highest BCUT2D eigenvalue weighted by Crippen LogP contribution is 1.97. The lowest BCUT2D eigenvalue weighted by Crippen LogP contribution is -2.15. The fourth-order valence-corrected chi connectivity index (χ4v) is 0.992. The van der Waals surface area contributed by atoms with Crippen LogP contribution < -0.4 is 5.32 Å². The molecular weight excluding hydrogens is 150 g/mol. The van der Waals surface area contributed by atoms with Crippen LogP contribution in [0.5, 0.6) is 0 Å². The molecule has 0 aliphatic rings. The highest BCUT2D eigenvalue weighted by Gasteiger charge is 1.98. The van der Waals surface area contributed by atoms with E-state index >= 15 is 0 Å². The van der Waals surface area contributed by atoms with Crippen molar-refractivity contribution in [2.24, 2.45) is 0 Å². The minimum absolute atomic E-state index is 0.549. The highest BCUT2D eigenvalue weighted by molar-refractivity contribution is 5.02. The highest BCUT2D eigenvalue weighted by atomic mass is 15.3. The Morgan fingerprint density at radius 1 is 1.75 bits per heavy atom. The van der Waals surface area contributed by atoms with E-state index in [4.69, 9.17) is 6.42 Å². The molecule has 0 atom stereocenters. The van der Waals surface area contributed by atoms with Gasteiger partial charge in [0.1, 0.15) is 6.54 Å². The van der Waals surface area contributed by atoms with Crippen LogP contribution in [0.4, 0.5) is 0 Å². The van der Waals surface area contributed by atoms with Crippen molar-refractivity contribution in [1.29, 1.82) is 0 Å². The summed E-state index contributed by atoms with van der Waals surface area (Å²) in [6, 6.07) is 1.97. The molecule has 0 unspecified atom stereocenters. The average Bonchev–Trinajstić information content (AvgIpc) is 2.50. The Morgan fingerprint density at radius 3 is 3.25 bits per heavy atom. The van der Waals surface area contributed by atoms with E-state index in [1.165, 1.54) is 0 Å². The van der Waals surface area contributed by atoms with Crippen molar-refractivity contribution < 1.29 is 0 Å². The first-order valence-corrected chi connectivity index (χ1v) is 4.03. The number of aromatic nitrogens is 2. The number of terminal acetylenes is 1. The lowest BCUT2D eigenvalue weighted by Gasteiger charge is -2.03. The summed E-state index contributed by atoms with van der Waals surface area (Å²) in [5.74, 6) is 2.56. The monoisotopic (exact) mass is 163 g/mol. The van der Waals surface area contributed by atoms with Crippen molar-refractivity contribution in [3.8, 4) is 12.3 Å². The maximum Gasteiger partial charge on any atom is 0.102 e. The molecule has 1 heterocycles. The van der Waals surface area contributed by atoms with Gasteiger partial charge in [-0.1, -0.05) is 12.8 Å².